The molecule has 2 rings (SSSR count). The van der Waals surface area contributed by atoms with Gasteiger partial charge >= 0.3 is 12.1 Å². The molecule has 8 heteroatoms. The number of carboxylic acid groups (broad SMARTS) is 1. The van der Waals surface area contributed by atoms with Crippen molar-refractivity contribution in [2.24, 2.45) is 5.92 Å². The number of likely N-dealkylation sites (tertiary alicyclic amines) is 1. The fourth-order valence-electron chi connectivity index (χ4n) is 2.37. The van der Waals surface area contributed by atoms with E-state index in [-0.39, 0.29) is 29.8 Å². The SMILES string of the molecule is CC(C)C(C(=O)O)c1cc(OC2CN(C(=O)OC(C)(C)C)C2)no1. The van der Waals surface area contributed by atoms with Gasteiger partial charge in [0.15, 0.2) is 5.76 Å². The van der Waals surface area contributed by atoms with Crippen LogP contribution in [0.3, 0.4) is 0 Å². The van der Waals surface area contributed by atoms with E-state index in [0.29, 0.717) is 13.1 Å². The number of carboxylic acids is 1. The molecule has 0 radical (unpaired) electrons. The second-order valence-corrected chi connectivity index (χ2v) is 7.25. The molecule has 0 saturated carbocycles. The molecule has 1 aliphatic heterocycles. The molecule has 8 nitrogen and oxygen atoms in total. The van der Waals surface area contributed by atoms with Crippen LogP contribution in [0.1, 0.15) is 46.3 Å². The number of aliphatic carboxylic acids is 1. The van der Waals surface area contributed by atoms with Crippen LogP contribution < -0.4 is 4.74 Å². The molecule has 24 heavy (non-hydrogen) atoms. The molecular weight excluding hydrogens is 316 g/mol. The molecule has 0 spiro atoms. The first-order valence-corrected chi connectivity index (χ1v) is 7.91. The maximum atomic E-state index is 11.8. The molecule has 1 atom stereocenters. The van der Waals surface area contributed by atoms with Crippen molar-refractivity contribution in [3.63, 3.8) is 0 Å². The second-order valence-electron chi connectivity index (χ2n) is 7.25. The molecule has 1 fully saturated rings. The Hall–Kier alpha value is -2.25. The number of carbonyl (C=O) groups excluding carboxylic acids is 1. The summed E-state index contributed by atoms with van der Waals surface area (Å²) in [4.78, 5) is 24.6. The summed E-state index contributed by atoms with van der Waals surface area (Å²) < 4.78 is 16.0. The van der Waals surface area contributed by atoms with E-state index in [1.165, 1.54) is 11.0 Å². The summed E-state index contributed by atoms with van der Waals surface area (Å²) >= 11 is 0. The molecule has 0 aromatic carbocycles. The average molecular weight is 340 g/mol. The van der Waals surface area contributed by atoms with E-state index in [1.54, 1.807) is 13.8 Å². The summed E-state index contributed by atoms with van der Waals surface area (Å²) in [6.07, 6.45) is -0.591. The Morgan fingerprint density at radius 3 is 2.50 bits per heavy atom. The highest BCUT2D eigenvalue weighted by atomic mass is 16.6. The van der Waals surface area contributed by atoms with E-state index in [9.17, 15) is 14.7 Å². The first-order valence-electron chi connectivity index (χ1n) is 7.91. The molecule has 1 saturated heterocycles. The van der Waals surface area contributed by atoms with Crippen molar-refractivity contribution in [1.29, 1.82) is 0 Å². The third-order valence-corrected chi connectivity index (χ3v) is 3.53. The first kappa shape index (κ1) is 18.1. The molecule has 1 aromatic rings. The van der Waals surface area contributed by atoms with Crippen LogP contribution in [0.4, 0.5) is 4.79 Å². The van der Waals surface area contributed by atoms with Gasteiger partial charge in [-0.3, -0.25) is 4.79 Å². The fraction of sp³-hybridized carbons (Fsp3) is 0.688. The molecule has 0 bridgehead atoms. The lowest BCUT2D eigenvalue weighted by Crippen LogP contribution is -2.57. The minimum absolute atomic E-state index is 0.130. The topological polar surface area (TPSA) is 102 Å². The van der Waals surface area contributed by atoms with Gasteiger partial charge in [0.25, 0.3) is 5.88 Å². The molecule has 1 amide bonds. The monoisotopic (exact) mass is 340 g/mol. The molecule has 2 heterocycles. The highest BCUT2D eigenvalue weighted by Gasteiger charge is 2.36. The number of ether oxygens (including phenoxy) is 2. The minimum atomic E-state index is -0.965. The molecular formula is C16H24N2O6. The summed E-state index contributed by atoms with van der Waals surface area (Å²) in [5, 5.41) is 13.0. The van der Waals surface area contributed by atoms with E-state index in [0.717, 1.165) is 0 Å². The van der Waals surface area contributed by atoms with Crippen LogP contribution in [-0.4, -0.2) is 52.0 Å². The number of carbonyl (C=O) groups is 2. The van der Waals surface area contributed by atoms with Crippen LogP contribution in [-0.2, 0) is 9.53 Å². The van der Waals surface area contributed by atoms with Crippen molar-refractivity contribution in [2.75, 3.05) is 13.1 Å². The third kappa shape index (κ3) is 4.39. The van der Waals surface area contributed by atoms with Crippen molar-refractivity contribution in [2.45, 2.75) is 52.2 Å². The Labute approximate surface area is 140 Å². The highest BCUT2D eigenvalue weighted by Crippen LogP contribution is 2.28. The quantitative estimate of drug-likeness (QED) is 0.878. The number of amides is 1. The fourth-order valence-corrected chi connectivity index (χ4v) is 2.37. The Balaban J connectivity index is 1.87. The zero-order valence-electron chi connectivity index (χ0n) is 14.6. The van der Waals surface area contributed by atoms with Crippen LogP contribution in [0.25, 0.3) is 0 Å². The lowest BCUT2D eigenvalue weighted by atomic mass is 9.93. The number of nitrogens with zero attached hydrogens (tertiary/aromatic N) is 2. The van der Waals surface area contributed by atoms with Gasteiger partial charge in [0, 0.05) is 6.07 Å². The zero-order chi connectivity index (χ0) is 18.1. The maximum absolute atomic E-state index is 11.8. The minimum Gasteiger partial charge on any atom is -0.481 e. The molecule has 1 aliphatic rings. The second kappa shape index (κ2) is 6.70. The molecule has 1 N–H and O–H groups in total. The third-order valence-electron chi connectivity index (χ3n) is 3.53. The Morgan fingerprint density at radius 2 is 2.00 bits per heavy atom. The largest absolute Gasteiger partial charge is 0.481 e. The number of aromatic nitrogens is 1. The summed E-state index contributed by atoms with van der Waals surface area (Å²) in [7, 11) is 0. The van der Waals surface area contributed by atoms with Gasteiger partial charge in [-0.25, -0.2) is 4.79 Å². The predicted molar refractivity (Wildman–Crippen MR) is 83.9 cm³/mol. The van der Waals surface area contributed by atoms with Gasteiger partial charge in [-0.1, -0.05) is 13.8 Å². The van der Waals surface area contributed by atoms with Crippen molar-refractivity contribution in [3.05, 3.63) is 11.8 Å². The number of rotatable bonds is 5. The van der Waals surface area contributed by atoms with E-state index in [4.69, 9.17) is 14.0 Å². The van der Waals surface area contributed by atoms with Gasteiger partial charge in [-0.15, -0.1) is 0 Å². The standard InChI is InChI=1S/C16H24N2O6/c1-9(2)13(14(19)20)11-6-12(17-24-11)22-10-7-18(8-10)15(21)23-16(3,4)5/h6,9-10,13H,7-8H2,1-5H3,(H,19,20). The summed E-state index contributed by atoms with van der Waals surface area (Å²) in [5.74, 6) is -1.38. The Morgan fingerprint density at radius 1 is 1.38 bits per heavy atom. The lowest BCUT2D eigenvalue weighted by molar-refractivity contribution is -0.140. The molecule has 1 unspecified atom stereocenters. The van der Waals surface area contributed by atoms with Gasteiger partial charge in [-0.2, -0.15) is 0 Å². The van der Waals surface area contributed by atoms with E-state index in [2.05, 4.69) is 5.16 Å². The lowest BCUT2D eigenvalue weighted by Gasteiger charge is -2.38. The van der Waals surface area contributed by atoms with Crippen molar-refractivity contribution < 1.29 is 28.7 Å². The van der Waals surface area contributed by atoms with Crippen LogP contribution >= 0.6 is 0 Å². The highest BCUT2D eigenvalue weighted by molar-refractivity contribution is 5.75. The predicted octanol–water partition coefficient (Wildman–Crippen LogP) is 2.50. The summed E-state index contributed by atoms with van der Waals surface area (Å²) in [5.41, 5.74) is -0.535. The van der Waals surface area contributed by atoms with Crippen molar-refractivity contribution >= 4 is 12.1 Å². The van der Waals surface area contributed by atoms with E-state index < -0.39 is 17.5 Å². The molecule has 1 aromatic heterocycles. The van der Waals surface area contributed by atoms with E-state index >= 15 is 0 Å². The molecule has 0 aliphatic carbocycles. The summed E-state index contributed by atoms with van der Waals surface area (Å²) in [6, 6.07) is 1.49. The number of hydrogen-bond acceptors (Lipinski definition) is 6. The van der Waals surface area contributed by atoms with Crippen LogP contribution in [0.5, 0.6) is 5.88 Å². The smallest absolute Gasteiger partial charge is 0.410 e. The Kier molecular flexibility index (Phi) is 5.05. The number of hydrogen-bond donors (Lipinski definition) is 1. The van der Waals surface area contributed by atoms with Gasteiger partial charge in [0.05, 0.1) is 13.1 Å². The van der Waals surface area contributed by atoms with Crippen LogP contribution in [0, 0.1) is 5.92 Å². The first-order chi connectivity index (χ1) is 11.1. The van der Waals surface area contributed by atoms with Gasteiger partial charge in [0.1, 0.15) is 17.6 Å². The van der Waals surface area contributed by atoms with Crippen LogP contribution in [0.2, 0.25) is 0 Å². The molecule has 134 valence electrons. The summed E-state index contributed by atoms with van der Waals surface area (Å²) in [6.45, 7) is 9.81. The van der Waals surface area contributed by atoms with Gasteiger partial charge < -0.3 is 24.0 Å². The normalized spacial score (nSPS) is 16.7. The average Bonchev–Trinajstić information content (AvgIpc) is 2.78. The van der Waals surface area contributed by atoms with Crippen molar-refractivity contribution in [3.8, 4) is 5.88 Å². The zero-order valence-corrected chi connectivity index (χ0v) is 14.6. The van der Waals surface area contributed by atoms with Gasteiger partial charge in [-0.05, 0) is 31.8 Å². The van der Waals surface area contributed by atoms with Gasteiger partial charge in [0.2, 0.25) is 0 Å². The Bertz CT molecular complexity index is 598. The van der Waals surface area contributed by atoms with Crippen molar-refractivity contribution in [1.82, 2.24) is 10.1 Å². The maximum Gasteiger partial charge on any atom is 0.410 e. The van der Waals surface area contributed by atoms with Crippen LogP contribution in [0.15, 0.2) is 10.6 Å². The van der Waals surface area contributed by atoms with E-state index in [1.807, 2.05) is 20.8 Å².